The Morgan fingerprint density at radius 3 is 2.46 bits per heavy atom. The molecule has 28 heavy (non-hydrogen) atoms. The molecule has 0 saturated heterocycles. The van der Waals surface area contributed by atoms with Gasteiger partial charge in [0, 0.05) is 18.5 Å². The lowest BCUT2D eigenvalue weighted by atomic mass is 10.0. The number of fused-ring (bicyclic) bond motifs is 1. The number of amides is 1. The average Bonchev–Trinajstić information content (AvgIpc) is 3.06. The number of carbonyl (C=O) groups excluding carboxylic acids is 2. The molecule has 1 aromatic heterocycles. The predicted octanol–water partition coefficient (Wildman–Crippen LogP) is 2.50. The van der Waals surface area contributed by atoms with E-state index in [0.29, 0.717) is 22.0 Å². The van der Waals surface area contributed by atoms with E-state index in [0.717, 1.165) is 0 Å². The van der Waals surface area contributed by atoms with Crippen molar-refractivity contribution in [2.75, 3.05) is 20.3 Å². The molecule has 10 heteroatoms. The maximum atomic E-state index is 12.8. The van der Waals surface area contributed by atoms with Crippen molar-refractivity contribution in [1.29, 1.82) is 0 Å². The molecule has 2 aromatic rings. The Kier molecular flexibility index (Phi) is 5.30. The van der Waals surface area contributed by atoms with Gasteiger partial charge in [-0.25, -0.2) is 9.48 Å². The number of benzene rings is 1. The molecule has 7 nitrogen and oxygen atoms in total. The summed E-state index contributed by atoms with van der Waals surface area (Å²) in [6.45, 7) is 1.21. The van der Waals surface area contributed by atoms with Crippen LogP contribution in [0.1, 0.15) is 28.7 Å². The third kappa shape index (κ3) is 3.67. The standard InChI is InChI=1S/C18H18F3N3O4/c1-3-28-16(25)15-13-10-23(17(26)18(19,20)21)9-8-14(13)24(22-15)11-4-6-12(27-2)7-5-11/h4-7H,3,8-10H2,1-2H3. The molecular weight excluding hydrogens is 379 g/mol. The lowest BCUT2D eigenvalue weighted by molar-refractivity contribution is -0.186. The van der Waals surface area contributed by atoms with Gasteiger partial charge in [0.05, 0.1) is 31.6 Å². The van der Waals surface area contributed by atoms with Crippen LogP contribution in [0.4, 0.5) is 13.2 Å². The first-order valence-electron chi connectivity index (χ1n) is 8.54. The third-order valence-electron chi connectivity index (χ3n) is 4.37. The maximum Gasteiger partial charge on any atom is 0.471 e. The van der Waals surface area contributed by atoms with Crippen molar-refractivity contribution in [2.24, 2.45) is 0 Å². The molecule has 0 aliphatic carbocycles. The maximum absolute atomic E-state index is 12.8. The largest absolute Gasteiger partial charge is 0.497 e. The van der Waals surface area contributed by atoms with Crippen LogP contribution in [0, 0.1) is 0 Å². The van der Waals surface area contributed by atoms with E-state index in [1.54, 1.807) is 31.2 Å². The number of rotatable bonds is 4. The summed E-state index contributed by atoms with van der Waals surface area (Å²) >= 11 is 0. The zero-order chi connectivity index (χ0) is 20.5. The van der Waals surface area contributed by atoms with Gasteiger partial charge in [0.25, 0.3) is 0 Å². The van der Waals surface area contributed by atoms with E-state index in [1.165, 1.54) is 11.8 Å². The molecule has 1 aromatic carbocycles. The number of methoxy groups -OCH3 is 1. The molecule has 1 aliphatic heterocycles. The van der Waals surface area contributed by atoms with Crippen molar-refractivity contribution in [1.82, 2.24) is 14.7 Å². The summed E-state index contributed by atoms with van der Waals surface area (Å²) in [6, 6.07) is 6.84. The summed E-state index contributed by atoms with van der Waals surface area (Å²) in [6.07, 6.45) is -4.86. The summed E-state index contributed by atoms with van der Waals surface area (Å²) in [5, 5.41) is 4.27. The van der Waals surface area contributed by atoms with Gasteiger partial charge in [-0.15, -0.1) is 0 Å². The van der Waals surface area contributed by atoms with Crippen molar-refractivity contribution in [3.63, 3.8) is 0 Å². The highest BCUT2D eigenvalue weighted by atomic mass is 19.4. The second kappa shape index (κ2) is 7.53. The van der Waals surface area contributed by atoms with E-state index in [1.807, 2.05) is 0 Å². The fourth-order valence-corrected chi connectivity index (χ4v) is 3.07. The van der Waals surface area contributed by atoms with Crippen LogP contribution in [-0.4, -0.2) is 53.0 Å². The van der Waals surface area contributed by atoms with Crippen LogP contribution in [0.25, 0.3) is 5.69 Å². The molecule has 1 amide bonds. The van der Waals surface area contributed by atoms with Crippen LogP contribution < -0.4 is 4.74 Å². The molecule has 0 fully saturated rings. The number of hydrogen-bond donors (Lipinski definition) is 0. The fourth-order valence-electron chi connectivity index (χ4n) is 3.07. The van der Waals surface area contributed by atoms with Gasteiger partial charge in [-0.05, 0) is 31.2 Å². The second-order valence-electron chi connectivity index (χ2n) is 6.08. The van der Waals surface area contributed by atoms with Crippen molar-refractivity contribution < 1.29 is 32.2 Å². The molecule has 0 unspecified atom stereocenters. The Labute approximate surface area is 158 Å². The molecule has 150 valence electrons. The topological polar surface area (TPSA) is 73.7 Å². The van der Waals surface area contributed by atoms with Gasteiger partial charge in [0.1, 0.15) is 5.75 Å². The minimum Gasteiger partial charge on any atom is -0.497 e. The van der Waals surface area contributed by atoms with E-state index in [-0.39, 0.29) is 37.4 Å². The van der Waals surface area contributed by atoms with Crippen LogP contribution in [-0.2, 0) is 22.5 Å². The number of ether oxygens (including phenoxy) is 2. The van der Waals surface area contributed by atoms with Gasteiger partial charge in [0.2, 0.25) is 0 Å². The first kappa shape index (κ1) is 19.7. The summed E-state index contributed by atoms with van der Waals surface area (Å²) in [7, 11) is 1.52. The van der Waals surface area contributed by atoms with E-state index in [2.05, 4.69) is 5.10 Å². The lowest BCUT2D eigenvalue weighted by Gasteiger charge is -2.28. The van der Waals surface area contributed by atoms with Crippen molar-refractivity contribution >= 4 is 11.9 Å². The quantitative estimate of drug-likeness (QED) is 0.742. The monoisotopic (exact) mass is 397 g/mol. The zero-order valence-electron chi connectivity index (χ0n) is 15.2. The van der Waals surface area contributed by atoms with Gasteiger partial charge in [-0.1, -0.05) is 0 Å². The van der Waals surface area contributed by atoms with Crippen molar-refractivity contribution in [3.8, 4) is 11.4 Å². The van der Waals surface area contributed by atoms with E-state index < -0.39 is 18.1 Å². The second-order valence-corrected chi connectivity index (χ2v) is 6.08. The predicted molar refractivity (Wildman–Crippen MR) is 91.2 cm³/mol. The number of esters is 1. The lowest BCUT2D eigenvalue weighted by Crippen LogP contribution is -2.44. The molecule has 3 rings (SSSR count). The highest BCUT2D eigenvalue weighted by Gasteiger charge is 2.44. The van der Waals surface area contributed by atoms with E-state index in [4.69, 9.17) is 9.47 Å². The van der Waals surface area contributed by atoms with Crippen LogP contribution in [0.3, 0.4) is 0 Å². The Hall–Kier alpha value is -3.04. The zero-order valence-corrected chi connectivity index (χ0v) is 15.2. The molecule has 0 spiro atoms. The van der Waals surface area contributed by atoms with Crippen LogP contribution in [0.2, 0.25) is 0 Å². The molecular formula is C18H18F3N3O4. The number of hydrogen-bond acceptors (Lipinski definition) is 5. The van der Waals surface area contributed by atoms with Gasteiger partial charge >= 0.3 is 18.1 Å². The Balaban J connectivity index is 2.03. The summed E-state index contributed by atoms with van der Waals surface area (Å²) < 4.78 is 50.0. The Bertz CT molecular complexity index is 891. The SMILES string of the molecule is CCOC(=O)c1nn(-c2ccc(OC)cc2)c2c1CN(C(=O)C(F)(F)F)CC2. The number of nitrogens with zero attached hydrogens (tertiary/aromatic N) is 3. The van der Waals surface area contributed by atoms with Gasteiger partial charge < -0.3 is 14.4 Å². The third-order valence-corrected chi connectivity index (χ3v) is 4.37. The summed E-state index contributed by atoms with van der Waals surface area (Å²) in [5.74, 6) is -2.06. The van der Waals surface area contributed by atoms with Crippen molar-refractivity contribution in [3.05, 3.63) is 41.2 Å². The van der Waals surface area contributed by atoms with Crippen LogP contribution >= 0.6 is 0 Å². The van der Waals surface area contributed by atoms with Gasteiger partial charge in [-0.2, -0.15) is 18.3 Å². The number of aromatic nitrogens is 2. The number of alkyl halides is 3. The van der Waals surface area contributed by atoms with Crippen molar-refractivity contribution in [2.45, 2.75) is 26.1 Å². The van der Waals surface area contributed by atoms with E-state index in [9.17, 15) is 22.8 Å². The first-order chi connectivity index (χ1) is 13.3. The number of halogens is 3. The molecule has 0 saturated carbocycles. The highest BCUT2D eigenvalue weighted by Crippen LogP contribution is 2.29. The highest BCUT2D eigenvalue weighted by molar-refractivity contribution is 5.90. The molecule has 2 heterocycles. The first-order valence-corrected chi connectivity index (χ1v) is 8.54. The Morgan fingerprint density at radius 1 is 1.21 bits per heavy atom. The van der Waals surface area contributed by atoms with Crippen LogP contribution in [0.5, 0.6) is 5.75 Å². The molecule has 0 bridgehead atoms. The average molecular weight is 397 g/mol. The van der Waals surface area contributed by atoms with Crippen LogP contribution in [0.15, 0.2) is 24.3 Å². The molecule has 0 N–H and O–H groups in total. The summed E-state index contributed by atoms with van der Waals surface area (Å²) in [4.78, 5) is 24.6. The van der Waals surface area contributed by atoms with E-state index >= 15 is 0 Å². The van der Waals surface area contributed by atoms with Gasteiger partial charge in [0.15, 0.2) is 5.69 Å². The number of carbonyl (C=O) groups is 2. The Morgan fingerprint density at radius 2 is 1.89 bits per heavy atom. The molecule has 0 atom stereocenters. The normalized spacial score (nSPS) is 13.8. The van der Waals surface area contributed by atoms with Gasteiger partial charge in [-0.3, -0.25) is 4.79 Å². The molecule has 1 aliphatic rings. The minimum absolute atomic E-state index is 0.0904. The summed E-state index contributed by atoms with van der Waals surface area (Å²) in [5.41, 5.74) is 1.35. The smallest absolute Gasteiger partial charge is 0.471 e. The fraction of sp³-hybridized carbons (Fsp3) is 0.389. The minimum atomic E-state index is -4.98. The molecule has 0 radical (unpaired) electrons.